The van der Waals surface area contributed by atoms with Gasteiger partial charge in [-0.2, -0.15) is 0 Å². The van der Waals surface area contributed by atoms with Gasteiger partial charge in [0.2, 0.25) is 0 Å². The van der Waals surface area contributed by atoms with Crippen LogP contribution in [0.25, 0.3) is 0 Å². The summed E-state index contributed by atoms with van der Waals surface area (Å²) in [7, 11) is 2.18. The molecule has 2 aliphatic rings. The van der Waals surface area contributed by atoms with Crippen molar-refractivity contribution in [3.8, 4) is 0 Å². The van der Waals surface area contributed by atoms with Crippen molar-refractivity contribution < 1.29 is 0 Å². The largest absolute Gasteiger partial charge is 0.307 e. The van der Waals surface area contributed by atoms with E-state index < -0.39 is 0 Å². The Morgan fingerprint density at radius 2 is 2.38 bits per heavy atom. The van der Waals surface area contributed by atoms with Crippen LogP contribution in [0.4, 0.5) is 0 Å². The first kappa shape index (κ1) is 10.2. The summed E-state index contributed by atoms with van der Waals surface area (Å²) in [5, 5.41) is 3.31. The highest BCUT2D eigenvalue weighted by Gasteiger charge is 2.23. The van der Waals surface area contributed by atoms with Crippen LogP contribution in [0, 0.1) is 0 Å². The van der Waals surface area contributed by atoms with Crippen LogP contribution in [0.15, 0.2) is 6.20 Å². The van der Waals surface area contributed by atoms with Gasteiger partial charge in [0.15, 0.2) is 0 Å². The van der Waals surface area contributed by atoms with Crippen LogP contribution in [0.2, 0.25) is 0 Å². The summed E-state index contributed by atoms with van der Waals surface area (Å²) in [6, 6.07) is 0. The first-order valence-electron chi connectivity index (χ1n) is 6.07. The van der Waals surface area contributed by atoms with Gasteiger partial charge in [0.25, 0.3) is 0 Å². The predicted molar refractivity (Wildman–Crippen MR) is 62.0 cm³/mol. The lowest BCUT2D eigenvalue weighted by molar-refractivity contribution is 0.245. The molecular formula is C12H18N4. The van der Waals surface area contributed by atoms with E-state index in [1.807, 2.05) is 6.20 Å². The lowest BCUT2D eigenvalue weighted by Gasteiger charge is -2.28. The van der Waals surface area contributed by atoms with Crippen molar-refractivity contribution in [2.24, 2.45) is 0 Å². The summed E-state index contributed by atoms with van der Waals surface area (Å²) in [6.07, 6.45) is 4.50. The van der Waals surface area contributed by atoms with Gasteiger partial charge in [0.05, 0.1) is 5.69 Å². The highest BCUT2D eigenvalue weighted by atomic mass is 15.1. The molecule has 0 aliphatic carbocycles. The molecule has 0 radical (unpaired) electrons. The molecule has 3 rings (SSSR count). The number of hydrogen-bond acceptors (Lipinski definition) is 4. The maximum Gasteiger partial charge on any atom is 0.132 e. The Kier molecular flexibility index (Phi) is 2.61. The monoisotopic (exact) mass is 218 g/mol. The van der Waals surface area contributed by atoms with Crippen molar-refractivity contribution >= 4 is 0 Å². The van der Waals surface area contributed by atoms with Gasteiger partial charge in [-0.1, -0.05) is 0 Å². The van der Waals surface area contributed by atoms with Crippen LogP contribution < -0.4 is 5.32 Å². The van der Waals surface area contributed by atoms with Crippen LogP contribution in [-0.4, -0.2) is 35.0 Å². The van der Waals surface area contributed by atoms with Crippen LogP contribution in [0.5, 0.6) is 0 Å². The van der Waals surface area contributed by atoms with E-state index in [9.17, 15) is 0 Å². The lowest BCUT2D eigenvalue weighted by atomic mass is 9.97. The Balaban J connectivity index is 1.83. The number of hydrogen-bond donors (Lipinski definition) is 1. The second-order valence-electron chi connectivity index (χ2n) is 4.91. The molecule has 2 aliphatic heterocycles. The van der Waals surface area contributed by atoms with E-state index in [-0.39, 0.29) is 0 Å². The lowest BCUT2D eigenvalue weighted by Crippen LogP contribution is -2.31. The molecule has 0 bridgehead atoms. The Hall–Kier alpha value is -1.00. The third-order valence-corrected chi connectivity index (χ3v) is 3.57. The van der Waals surface area contributed by atoms with E-state index in [0.29, 0.717) is 5.92 Å². The minimum Gasteiger partial charge on any atom is -0.307 e. The number of rotatable bonds is 1. The smallest absolute Gasteiger partial charge is 0.132 e. The van der Waals surface area contributed by atoms with Crippen LogP contribution in [0.1, 0.15) is 35.8 Å². The molecular weight excluding hydrogens is 200 g/mol. The molecule has 0 amide bonds. The fourth-order valence-corrected chi connectivity index (χ4v) is 2.65. The molecule has 4 nitrogen and oxygen atoms in total. The van der Waals surface area contributed by atoms with Gasteiger partial charge < -0.3 is 10.2 Å². The second kappa shape index (κ2) is 4.11. The van der Waals surface area contributed by atoms with E-state index in [1.165, 1.54) is 30.6 Å². The standard InChI is InChI=1S/C12H18N4/c1-16-4-2-3-9(8-16)12-14-6-10-5-13-7-11(10)15-12/h6,9,13H,2-5,7-8H2,1H3. The van der Waals surface area contributed by atoms with E-state index in [2.05, 4.69) is 22.2 Å². The molecule has 1 atom stereocenters. The molecule has 1 saturated heterocycles. The van der Waals surface area contributed by atoms with Crippen LogP contribution in [-0.2, 0) is 13.1 Å². The number of nitrogens with zero attached hydrogens (tertiary/aromatic N) is 3. The molecule has 1 N–H and O–H groups in total. The summed E-state index contributed by atoms with van der Waals surface area (Å²) in [5.74, 6) is 1.58. The zero-order valence-electron chi connectivity index (χ0n) is 9.74. The van der Waals surface area contributed by atoms with Crippen LogP contribution in [0.3, 0.4) is 0 Å². The molecule has 0 spiro atoms. The van der Waals surface area contributed by atoms with Gasteiger partial charge in [-0.3, -0.25) is 0 Å². The van der Waals surface area contributed by atoms with Gasteiger partial charge in [-0.15, -0.1) is 0 Å². The molecule has 0 saturated carbocycles. The first-order chi connectivity index (χ1) is 7.83. The van der Waals surface area contributed by atoms with Gasteiger partial charge in [0, 0.05) is 37.3 Å². The minimum atomic E-state index is 0.532. The number of likely N-dealkylation sites (N-methyl/N-ethyl adjacent to an activating group) is 1. The van der Waals surface area contributed by atoms with Crippen molar-refractivity contribution in [2.75, 3.05) is 20.1 Å². The van der Waals surface area contributed by atoms with Crippen molar-refractivity contribution in [2.45, 2.75) is 31.8 Å². The highest BCUT2D eigenvalue weighted by Crippen LogP contribution is 2.24. The third-order valence-electron chi connectivity index (χ3n) is 3.57. The summed E-state index contributed by atoms with van der Waals surface area (Å²) in [5.41, 5.74) is 2.48. The number of aromatic nitrogens is 2. The predicted octanol–water partition coefficient (Wildman–Crippen LogP) is 0.889. The second-order valence-corrected chi connectivity index (χ2v) is 4.91. The molecule has 1 aromatic heterocycles. The summed E-state index contributed by atoms with van der Waals surface area (Å²) in [4.78, 5) is 11.6. The van der Waals surface area contributed by atoms with E-state index in [1.54, 1.807) is 0 Å². The quantitative estimate of drug-likeness (QED) is 0.760. The molecule has 4 heteroatoms. The van der Waals surface area contributed by atoms with Gasteiger partial charge in [-0.05, 0) is 26.4 Å². The third kappa shape index (κ3) is 1.83. The molecule has 0 aromatic carbocycles. The number of likely N-dealkylation sites (tertiary alicyclic amines) is 1. The van der Waals surface area contributed by atoms with Crippen LogP contribution >= 0.6 is 0 Å². The van der Waals surface area contributed by atoms with Gasteiger partial charge in [-0.25, -0.2) is 9.97 Å². The number of piperidine rings is 1. The number of nitrogens with one attached hydrogen (secondary N) is 1. The molecule has 1 fully saturated rings. The summed E-state index contributed by atoms with van der Waals surface area (Å²) in [6.45, 7) is 4.16. The maximum atomic E-state index is 4.71. The zero-order valence-corrected chi connectivity index (χ0v) is 9.74. The average molecular weight is 218 g/mol. The fraction of sp³-hybridized carbons (Fsp3) is 0.667. The molecule has 1 aromatic rings. The summed E-state index contributed by atoms with van der Waals surface area (Å²) >= 11 is 0. The Bertz CT molecular complexity index is 391. The summed E-state index contributed by atoms with van der Waals surface area (Å²) < 4.78 is 0. The topological polar surface area (TPSA) is 41.1 Å². The van der Waals surface area contributed by atoms with Gasteiger partial charge >= 0.3 is 0 Å². The maximum absolute atomic E-state index is 4.71. The SMILES string of the molecule is CN1CCCC(c2ncc3c(n2)CNC3)C1. The van der Waals surface area contributed by atoms with E-state index in [4.69, 9.17) is 4.98 Å². The van der Waals surface area contributed by atoms with E-state index in [0.717, 1.165) is 25.5 Å². The van der Waals surface area contributed by atoms with Crippen molar-refractivity contribution in [3.05, 3.63) is 23.3 Å². The van der Waals surface area contributed by atoms with E-state index >= 15 is 0 Å². The fourth-order valence-electron chi connectivity index (χ4n) is 2.65. The van der Waals surface area contributed by atoms with Gasteiger partial charge in [0.1, 0.15) is 5.82 Å². The molecule has 1 unspecified atom stereocenters. The zero-order chi connectivity index (χ0) is 11.0. The van der Waals surface area contributed by atoms with Crippen molar-refractivity contribution in [1.29, 1.82) is 0 Å². The Labute approximate surface area is 96.1 Å². The number of fused-ring (bicyclic) bond motifs is 1. The normalized spacial score (nSPS) is 25.7. The molecule has 3 heterocycles. The van der Waals surface area contributed by atoms with Crippen molar-refractivity contribution in [1.82, 2.24) is 20.2 Å². The molecule has 86 valence electrons. The average Bonchev–Trinajstić information content (AvgIpc) is 2.75. The Morgan fingerprint density at radius 3 is 3.25 bits per heavy atom. The molecule has 16 heavy (non-hydrogen) atoms. The first-order valence-corrected chi connectivity index (χ1v) is 6.07. The highest BCUT2D eigenvalue weighted by molar-refractivity contribution is 5.22. The minimum absolute atomic E-state index is 0.532. The van der Waals surface area contributed by atoms with Crippen molar-refractivity contribution in [3.63, 3.8) is 0 Å². The Morgan fingerprint density at radius 1 is 1.44 bits per heavy atom.